The van der Waals surface area contributed by atoms with Crippen LogP contribution in [0.1, 0.15) is 62.1 Å². The Morgan fingerprint density at radius 3 is 0.763 bits per heavy atom. The Bertz CT molecular complexity index is 4300. The van der Waals surface area contributed by atoms with E-state index in [9.17, 15) is 18.0 Å². The molecule has 0 spiro atoms. The minimum atomic E-state index is -5.09. The van der Waals surface area contributed by atoms with Gasteiger partial charge < -0.3 is 81.1 Å². The molecule has 6 unspecified atom stereocenters. The summed E-state index contributed by atoms with van der Waals surface area (Å²) in [6, 6.07) is 97.7. The van der Waals surface area contributed by atoms with E-state index >= 15 is 0 Å². The summed E-state index contributed by atoms with van der Waals surface area (Å²) >= 11 is 0. The molecule has 3 heterocycles. The van der Waals surface area contributed by atoms with E-state index in [1.165, 1.54) is 0 Å². The van der Waals surface area contributed by atoms with Gasteiger partial charge in [0, 0.05) is 6.54 Å². The van der Waals surface area contributed by atoms with Crippen molar-refractivity contribution in [2.75, 3.05) is 33.0 Å². The van der Waals surface area contributed by atoms with Gasteiger partial charge in [-0.25, -0.2) is 0 Å². The lowest BCUT2D eigenvalue weighted by Crippen LogP contribution is -2.68. The summed E-state index contributed by atoms with van der Waals surface area (Å²) < 4.78 is 156. The lowest BCUT2D eigenvalue weighted by Gasteiger charge is -2.52. The van der Waals surface area contributed by atoms with Crippen molar-refractivity contribution in [1.82, 2.24) is 5.32 Å². The lowest BCUT2D eigenvalue weighted by atomic mass is 9.95. The van der Waals surface area contributed by atoms with Crippen LogP contribution in [0.15, 0.2) is 303 Å². The van der Waals surface area contributed by atoms with Crippen molar-refractivity contribution in [3.05, 3.63) is 359 Å². The molecule has 114 heavy (non-hydrogen) atoms. The average molecular weight is 1560 g/mol. The Hall–Kier alpha value is -9.18. The van der Waals surface area contributed by atoms with Crippen LogP contribution in [0.5, 0.6) is 0 Å². The molecule has 15 atom stereocenters. The van der Waals surface area contributed by atoms with Gasteiger partial charge in [0.1, 0.15) is 73.2 Å². The Labute approximate surface area is 664 Å². The van der Waals surface area contributed by atoms with Gasteiger partial charge in [-0.15, -0.1) is 0 Å². The maximum absolute atomic E-state index is 13.5. The summed E-state index contributed by atoms with van der Waals surface area (Å²) in [7, 11) is 0. The Balaban J connectivity index is 0.936. The van der Waals surface area contributed by atoms with Crippen LogP contribution in [-0.2, 0) is 147 Å². The molecule has 0 bridgehead atoms. The quantitative estimate of drug-likeness (QED) is 0.0357. The third kappa shape index (κ3) is 25.2. The number of amides is 1. The SMILES string of the molecule is O=C(NCCCO[C@@H]1O[C@@H](COCc2ccccc2)[C@@H](O[C@@H]2OC(COCc3ccccc3)[C@H](O[C@H]3OC(COCc4ccccc4)[C@H](OCc4ccccc4)[C@@H](OCc4ccccc4)C3OCc3ccccc3)[C@@H](OCc3ccccc3)C2OCc2ccccc2)C(OCc2ccccc2)C1OCc1ccccc1)C(F)(F)F. The highest BCUT2D eigenvalue weighted by atomic mass is 19.4. The molecule has 3 fully saturated rings. The van der Waals surface area contributed by atoms with Crippen LogP contribution in [0.3, 0.4) is 0 Å². The van der Waals surface area contributed by atoms with Crippen LogP contribution in [0.2, 0.25) is 0 Å². The van der Waals surface area contributed by atoms with E-state index in [2.05, 4.69) is 0 Å². The van der Waals surface area contributed by atoms with Crippen molar-refractivity contribution in [2.45, 2.75) is 171 Å². The minimum absolute atomic E-state index is 0.0160. The van der Waals surface area contributed by atoms with Gasteiger partial charge in [-0.2, -0.15) is 13.2 Å². The fourth-order valence-electron chi connectivity index (χ4n) is 13.9. The van der Waals surface area contributed by atoms with E-state index in [1.807, 2.05) is 309 Å². The zero-order chi connectivity index (χ0) is 78.2. The number of hydrogen-bond acceptors (Lipinski definition) is 17. The number of hydrogen-bond donors (Lipinski definition) is 1. The normalized spacial score (nSPS) is 23.7. The Morgan fingerprint density at radius 1 is 0.272 bits per heavy atom. The van der Waals surface area contributed by atoms with Crippen LogP contribution in [-0.4, -0.2) is 137 Å². The minimum Gasteiger partial charge on any atom is -0.374 e. The largest absolute Gasteiger partial charge is 0.471 e. The molecule has 1 N–H and O–H groups in total. The molecule has 598 valence electrons. The van der Waals surface area contributed by atoms with Crippen LogP contribution in [0.4, 0.5) is 13.2 Å². The second kappa shape index (κ2) is 44.1. The van der Waals surface area contributed by atoms with Crippen molar-refractivity contribution in [1.29, 1.82) is 0 Å². The molecule has 10 aromatic rings. The summed E-state index contributed by atoms with van der Waals surface area (Å²) in [5.74, 6) is -2.07. The first-order valence-electron chi connectivity index (χ1n) is 38.8. The summed E-state index contributed by atoms with van der Waals surface area (Å²) in [4.78, 5) is 12.1. The topological polar surface area (TPSA) is 177 Å². The fourth-order valence-corrected chi connectivity index (χ4v) is 13.9. The third-order valence-corrected chi connectivity index (χ3v) is 19.7. The molecule has 1 amide bonds. The summed E-state index contributed by atoms with van der Waals surface area (Å²) in [6.45, 7) is 0.346. The smallest absolute Gasteiger partial charge is 0.374 e. The highest BCUT2D eigenvalue weighted by molar-refractivity contribution is 5.81. The zero-order valence-corrected chi connectivity index (χ0v) is 63.4. The van der Waals surface area contributed by atoms with Crippen molar-refractivity contribution in [2.24, 2.45) is 0 Å². The van der Waals surface area contributed by atoms with Gasteiger partial charge in [0.25, 0.3) is 0 Å². The van der Waals surface area contributed by atoms with E-state index < -0.39 is 104 Å². The number of ether oxygens (including phenoxy) is 16. The van der Waals surface area contributed by atoms with Gasteiger partial charge in [0.2, 0.25) is 0 Å². The van der Waals surface area contributed by atoms with Crippen LogP contribution >= 0.6 is 0 Å². The molecular weight excluding hydrogens is 1460 g/mol. The van der Waals surface area contributed by atoms with Gasteiger partial charge >= 0.3 is 12.1 Å². The highest BCUT2D eigenvalue weighted by Gasteiger charge is 2.58. The van der Waals surface area contributed by atoms with Crippen LogP contribution in [0, 0.1) is 0 Å². The van der Waals surface area contributed by atoms with E-state index in [0.29, 0.717) is 0 Å². The number of rotatable bonds is 42. The van der Waals surface area contributed by atoms with Gasteiger partial charge in [0.15, 0.2) is 18.9 Å². The number of halogens is 3. The van der Waals surface area contributed by atoms with Gasteiger partial charge in [-0.05, 0) is 62.1 Å². The second-order valence-electron chi connectivity index (χ2n) is 28.1. The first-order valence-corrected chi connectivity index (χ1v) is 38.8. The molecule has 3 saturated heterocycles. The lowest BCUT2D eigenvalue weighted by molar-refractivity contribution is -0.395. The Morgan fingerprint density at radius 2 is 0.491 bits per heavy atom. The number of carbonyl (C=O) groups is 1. The van der Waals surface area contributed by atoms with Crippen LogP contribution < -0.4 is 5.32 Å². The molecule has 10 aromatic carbocycles. The first-order chi connectivity index (χ1) is 56.1. The van der Waals surface area contributed by atoms with Crippen molar-refractivity contribution in [3.63, 3.8) is 0 Å². The maximum Gasteiger partial charge on any atom is 0.471 e. The third-order valence-electron chi connectivity index (χ3n) is 19.7. The summed E-state index contributed by atoms with van der Waals surface area (Å²) in [5.41, 5.74) is 8.69. The molecule has 0 aliphatic carbocycles. The highest BCUT2D eigenvalue weighted by Crippen LogP contribution is 2.40. The standard InChI is InChI=1S/C93H98F3NO17/c94-93(95,96)92(98)97-52-31-53-102-89-86(107-61-74-46-25-8-26-47-74)84(105-59-72-42-21-6-22-43-72)81(78(110-89)65-100-55-68-34-13-2-14-35-68)113-91-88(109-63-76-50-29-10-30-51-76)85(106-60-73-44-23-7-24-45-73)82(79(112-91)66-101-56-69-36-15-3-16-37-69)114-90-87(108-62-75-48-27-9-28-49-75)83(104-58-71-40-19-5-20-41-71)80(103-57-70-38-17-4-18-39-70)77(111-90)64-99-54-67-32-11-1-12-33-67/h1-30,32-51,77-91H,31,52-66H2,(H,97,98)/t77?,78-,79?,80-,81+,82-,83+,84?,85+,86?,87?,88?,89+,90+,91-/m0/s1. The van der Waals surface area contributed by atoms with Crippen molar-refractivity contribution < 1.29 is 93.8 Å². The Kier molecular flexibility index (Phi) is 32.0. The predicted octanol–water partition coefficient (Wildman–Crippen LogP) is 15.8. The molecule has 3 aliphatic heterocycles. The monoisotopic (exact) mass is 1560 g/mol. The second-order valence-corrected chi connectivity index (χ2v) is 28.1. The number of benzene rings is 10. The number of carbonyl (C=O) groups excluding carboxylic acids is 1. The predicted molar refractivity (Wildman–Crippen MR) is 419 cm³/mol. The summed E-state index contributed by atoms with van der Waals surface area (Å²) in [5, 5.41) is 1.96. The van der Waals surface area contributed by atoms with Gasteiger partial charge in [0.05, 0.1) is 92.5 Å². The fraction of sp³-hybridized carbons (Fsp3) is 0.344. The molecule has 0 radical (unpaired) electrons. The summed E-state index contributed by atoms with van der Waals surface area (Å²) in [6.07, 6.45) is -22.1. The number of nitrogens with one attached hydrogen (secondary N) is 1. The van der Waals surface area contributed by atoms with Gasteiger partial charge in [-0.1, -0.05) is 303 Å². The number of alkyl halides is 3. The van der Waals surface area contributed by atoms with Crippen molar-refractivity contribution >= 4 is 5.91 Å². The average Bonchev–Trinajstić information content (AvgIpc) is 0.761. The van der Waals surface area contributed by atoms with Crippen molar-refractivity contribution in [3.8, 4) is 0 Å². The van der Waals surface area contributed by atoms with E-state index in [-0.39, 0.29) is 105 Å². The van der Waals surface area contributed by atoms with E-state index in [4.69, 9.17) is 75.8 Å². The first kappa shape index (κ1) is 82.8. The molecule has 0 saturated carbocycles. The zero-order valence-electron chi connectivity index (χ0n) is 63.4. The molecule has 21 heteroatoms. The molecule has 18 nitrogen and oxygen atoms in total. The van der Waals surface area contributed by atoms with E-state index in [1.54, 1.807) is 0 Å². The molecule has 3 aliphatic rings. The van der Waals surface area contributed by atoms with E-state index in [0.717, 1.165) is 55.6 Å². The molecular formula is C93H98F3NO17. The van der Waals surface area contributed by atoms with Gasteiger partial charge in [-0.3, -0.25) is 4.79 Å². The maximum atomic E-state index is 13.5. The molecule has 0 aromatic heterocycles. The molecule has 13 rings (SSSR count). The van der Waals surface area contributed by atoms with Crippen LogP contribution in [0.25, 0.3) is 0 Å².